The quantitative estimate of drug-likeness (QED) is 0.445. The maximum absolute atomic E-state index is 13.5. The zero-order valence-corrected chi connectivity index (χ0v) is 18.0. The standard InChI is InChI=1S/C24H19ClF2N4O/c1-14-22(23(25)31(29-14)18-5-2-16(26)3-6-18)24(32)30-10-8-15(9-11-30)20-13-28-21-12-17(27)4-7-19(20)21/h2-8,12-13,28H,9-11H2,1H3. The highest BCUT2D eigenvalue weighted by Crippen LogP contribution is 2.31. The molecule has 1 N–H and O–H groups in total. The van der Waals surface area contributed by atoms with Crippen molar-refractivity contribution in [3.8, 4) is 5.69 Å². The molecule has 162 valence electrons. The minimum Gasteiger partial charge on any atom is -0.360 e. The van der Waals surface area contributed by atoms with Crippen molar-refractivity contribution in [1.29, 1.82) is 0 Å². The average Bonchev–Trinajstić information content (AvgIpc) is 3.34. The molecule has 0 radical (unpaired) electrons. The summed E-state index contributed by atoms with van der Waals surface area (Å²) >= 11 is 6.52. The van der Waals surface area contributed by atoms with Gasteiger partial charge in [0.1, 0.15) is 16.8 Å². The molecule has 0 unspecified atom stereocenters. The molecule has 0 bridgehead atoms. The number of carbonyl (C=O) groups excluding carboxylic acids is 1. The van der Waals surface area contributed by atoms with E-state index < -0.39 is 0 Å². The molecule has 0 saturated carbocycles. The van der Waals surface area contributed by atoms with Crippen LogP contribution in [0, 0.1) is 18.6 Å². The van der Waals surface area contributed by atoms with Gasteiger partial charge in [-0.2, -0.15) is 5.10 Å². The Morgan fingerprint density at radius 2 is 1.88 bits per heavy atom. The van der Waals surface area contributed by atoms with Gasteiger partial charge < -0.3 is 9.88 Å². The van der Waals surface area contributed by atoms with Crippen molar-refractivity contribution >= 4 is 34.0 Å². The first-order valence-corrected chi connectivity index (χ1v) is 10.6. The van der Waals surface area contributed by atoms with Crippen LogP contribution in [0.5, 0.6) is 0 Å². The second kappa shape index (κ2) is 7.91. The Hall–Kier alpha value is -3.45. The van der Waals surface area contributed by atoms with Gasteiger partial charge in [-0.05, 0) is 61.4 Å². The van der Waals surface area contributed by atoms with Gasteiger partial charge in [0.05, 0.1) is 16.9 Å². The number of aromatic nitrogens is 3. The van der Waals surface area contributed by atoms with Crippen LogP contribution in [-0.2, 0) is 0 Å². The second-order valence-electron chi connectivity index (χ2n) is 7.76. The summed E-state index contributed by atoms with van der Waals surface area (Å²) in [5.74, 6) is -0.841. The zero-order valence-electron chi connectivity index (χ0n) is 17.2. The molecule has 8 heteroatoms. The zero-order chi connectivity index (χ0) is 22.4. The van der Waals surface area contributed by atoms with Gasteiger partial charge in [0, 0.05) is 35.8 Å². The molecule has 5 nitrogen and oxygen atoms in total. The van der Waals surface area contributed by atoms with E-state index in [4.69, 9.17) is 11.6 Å². The first-order chi connectivity index (χ1) is 15.4. The number of nitrogens with one attached hydrogen (secondary N) is 1. The van der Waals surface area contributed by atoms with E-state index >= 15 is 0 Å². The fourth-order valence-electron chi connectivity index (χ4n) is 4.12. The summed E-state index contributed by atoms with van der Waals surface area (Å²) in [4.78, 5) is 18.1. The van der Waals surface area contributed by atoms with Crippen molar-refractivity contribution in [1.82, 2.24) is 19.7 Å². The topological polar surface area (TPSA) is 53.9 Å². The number of halogens is 3. The van der Waals surface area contributed by atoms with Crippen LogP contribution in [-0.4, -0.2) is 38.7 Å². The number of benzene rings is 2. The molecule has 0 fully saturated rings. The van der Waals surface area contributed by atoms with Gasteiger partial charge in [-0.25, -0.2) is 13.5 Å². The lowest BCUT2D eigenvalue weighted by molar-refractivity contribution is 0.0772. The highest BCUT2D eigenvalue weighted by molar-refractivity contribution is 6.33. The van der Waals surface area contributed by atoms with Crippen molar-refractivity contribution in [2.45, 2.75) is 13.3 Å². The van der Waals surface area contributed by atoms with E-state index in [2.05, 4.69) is 10.1 Å². The lowest BCUT2D eigenvalue weighted by Crippen LogP contribution is -2.35. The summed E-state index contributed by atoms with van der Waals surface area (Å²) in [6, 6.07) is 10.4. The highest BCUT2D eigenvalue weighted by atomic mass is 35.5. The molecule has 1 aliphatic heterocycles. The number of amides is 1. The van der Waals surface area contributed by atoms with Crippen LogP contribution in [0.4, 0.5) is 8.78 Å². The first-order valence-electron chi connectivity index (χ1n) is 10.2. The number of aromatic amines is 1. The molecule has 0 aliphatic carbocycles. The van der Waals surface area contributed by atoms with Gasteiger partial charge in [0.25, 0.3) is 5.91 Å². The SMILES string of the molecule is Cc1nn(-c2ccc(F)cc2)c(Cl)c1C(=O)N1CC=C(c2c[nH]c3cc(F)ccc23)CC1. The second-order valence-corrected chi connectivity index (χ2v) is 8.12. The number of nitrogens with zero attached hydrogens (tertiary/aromatic N) is 3. The molecule has 1 amide bonds. The molecule has 0 spiro atoms. The lowest BCUT2D eigenvalue weighted by atomic mass is 9.98. The molecule has 2 aromatic heterocycles. The summed E-state index contributed by atoms with van der Waals surface area (Å²) in [5.41, 5.74) is 4.31. The van der Waals surface area contributed by atoms with Crippen molar-refractivity contribution in [3.05, 3.63) is 88.3 Å². The van der Waals surface area contributed by atoms with Gasteiger partial charge in [0.2, 0.25) is 0 Å². The van der Waals surface area contributed by atoms with Crippen LogP contribution in [0.3, 0.4) is 0 Å². The Kier molecular flexibility index (Phi) is 5.06. The van der Waals surface area contributed by atoms with Crippen molar-refractivity contribution in [3.63, 3.8) is 0 Å². The molecule has 32 heavy (non-hydrogen) atoms. The normalized spacial score (nSPS) is 14.1. The first kappa shape index (κ1) is 20.5. The Bertz CT molecular complexity index is 1370. The third kappa shape index (κ3) is 3.48. The summed E-state index contributed by atoms with van der Waals surface area (Å²) in [6.45, 7) is 2.69. The number of fused-ring (bicyclic) bond motifs is 1. The van der Waals surface area contributed by atoms with E-state index in [9.17, 15) is 13.6 Å². The third-order valence-electron chi connectivity index (χ3n) is 5.78. The molecule has 5 rings (SSSR count). The Labute approximate surface area is 187 Å². The molecule has 2 aromatic carbocycles. The van der Waals surface area contributed by atoms with E-state index in [-0.39, 0.29) is 22.7 Å². The van der Waals surface area contributed by atoms with Crippen LogP contribution in [0.25, 0.3) is 22.2 Å². The van der Waals surface area contributed by atoms with Gasteiger partial charge in [-0.1, -0.05) is 17.7 Å². The maximum atomic E-state index is 13.5. The van der Waals surface area contributed by atoms with E-state index in [0.29, 0.717) is 36.5 Å². The minimum absolute atomic E-state index is 0.197. The van der Waals surface area contributed by atoms with E-state index in [1.165, 1.54) is 28.9 Å². The summed E-state index contributed by atoms with van der Waals surface area (Å²) in [6.07, 6.45) is 4.56. The molecule has 0 saturated heterocycles. The van der Waals surface area contributed by atoms with Crippen molar-refractivity contribution in [2.75, 3.05) is 13.1 Å². The van der Waals surface area contributed by atoms with Gasteiger partial charge in [-0.3, -0.25) is 4.79 Å². The molecular formula is C24H19ClF2N4O. The number of hydrogen-bond acceptors (Lipinski definition) is 2. The number of carbonyl (C=O) groups is 1. The average molecular weight is 453 g/mol. The van der Waals surface area contributed by atoms with Crippen molar-refractivity contribution in [2.24, 2.45) is 0 Å². The van der Waals surface area contributed by atoms with Crippen LogP contribution >= 0.6 is 11.6 Å². The van der Waals surface area contributed by atoms with E-state index in [1.807, 2.05) is 12.3 Å². The molecular weight excluding hydrogens is 434 g/mol. The van der Waals surface area contributed by atoms with Crippen LogP contribution < -0.4 is 0 Å². The molecule has 1 aliphatic rings. The Morgan fingerprint density at radius 3 is 2.59 bits per heavy atom. The van der Waals surface area contributed by atoms with Crippen LogP contribution in [0.1, 0.15) is 28.0 Å². The third-order valence-corrected chi connectivity index (χ3v) is 6.12. The van der Waals surface area contributed by atoms with Crippen LogP contribution in [0.2, 0.25) is 5.15 Å². The predicted molar refractivity (Wildman–Crippen MR) is 120 cm³/mol. The fraction of sp³-hybridized carbons (Fsp3) is 0.167. The van der Waals surface area contributed by atoms with Gasteiger partial charge in [-0.15, -0.1) is 0 Å². The van der Waals surface area contributed by atoms with Gasteiger partial charge >= 0.3 is 0 Å². The largest absolute Gasteiger partial charge is 0.360 e. The summed E-state index contributed by atoms with van der Waals surface area (Å²) in [7, 11) is 0. The number of H-pyrrole nitrogens is 1. The van der Waals surface area contributed by atoms with E-state index in [1.54, 1.807) is 30.0 Å². The highest BCUT2D eigenvalue weighted by Gasteiger charge is 2.27. The van der Waals surface area contributed by atoms with E-state index in [0.717, 1.165) is 22.0 Å². The number of aryl methyl sites for hydroxylation is 1. The number of rotatable bonds is 3. The molecule has 0 atom stereocenters. The Morgan fingerprint density at radius 1 is 1.12 bits per heavy atom. The monoisotopic (exact) mass is 452 g/mol. The van der Waals surface area contributed by atoms with Crippen molar-refractivity contribution < 1.29 is 13.6 Å². The fourth-order valence-corrected chi connectivity index (χ4v) is 4.47. The summed E-state index contributed by atoms with van der Waals surface area (Å²) < 4.78 is 28.2. The molecule has 4 aromatic rings. The Balaban J connectivity index is 1.39. The maximum Gasteiger partial charge on any atom is 0.259 e. The number of hydrogen-bond donors (Lipinski definition) is 1. The smallest absolute Gasteiger partial charge is 0.259 e. The lowest BCUT2D eigenvalue weighted by Gasteiger charge is -2.26. The predicted octanol–water partition coefficient (Wildman–Crippen LogP) is 5.52. The van der Waals surface area contributed by atoms with Crippen LogP contribution in [0.15, 0.2) is 54.7 Å². The summed E-state index contributed by atoms with van der Waals surface area (Å²) in [5, 5.41) is 5.54. The minimum atomic E-state index is -0.360. The van der Waals surface area contributed by atoms with Gasteiger partial charge in [0.15, 0.2) is 0 Å². The molecule has 3 heterocycles.